The molecule has 25 heavy (non-hydrogen) atoms. The van der Waals surface area contributed by atoms with Crippen LogP contribution in [0.25, 0.3) is 0 Å². The number of hydrogen-bond acceptors (Lipinski definition) is 3. The van der Waals surface area contributed by atoms with Crippen LogP contribution in [0.3, 0.4) is 0 Å². The van der Waals surface area contributed by atoms with Crippen molar-refractivity contribution in [1.29, 1.82) is 0 Å². The molecule has 0 aliphatic heterocycles. The molecular weight excluding hydrogens is 318 g/mol. The molecule has 6 heteroatoms. The van der Waals surface area contributed by atoms with Crippen molar-refractivity contribution in [1.82, 2.24) is 15.5 Å². The minimum Gasteiger partial charge on any atom is -0.480 e. The van der Waals surface area contributed by atoms with E-state index in [1.165, 1.54) is 0 Å². The highest BCUT2D eigenvalue weighted by Crippen LogP contribution is 2.26. The van der Waals surface area contributed by atoms with E-state index in [1.54, 1.807) is 0 Å². The van der Waals surface area contributed by atoms with Gasteiger partial charge in [0.1, 0.15) is 0 Å². The first kappa shape index (κ1) is 19.2. The average Bonchev–Trinajstić information content (AvgIpc) is 2.48. The summed E-state index contributed by atoms with van der Waals surface area (Å²) in [5.74, 6) is -0.809. The molecule has 0 unspecified atom stereocenters. The molecule has 138 valence electrons. The minimum absolute atomic E-state index is 0.0560. The van der Waals surface area contributed by atoms with Gasteiger partial charge in [-0.2, -0.15) is 0 Å². The van der Waals surface area contributed by atoms with Gasteiger partial charge >= 0.3 is 12.0 Å². The summed E-state index contributed by atoms with van der Waals surface area (Å²) in [4.78, 5) is 25.1. The van der Waals surface area contributed by atoms with Crippen LogP contribution in [0.4, 0.5) is 4.79 Å². The molecule has 1 saturated carbocycles. The van der Waals surface area contributed by atoms with Crippen molar-refractivity contribution in [2.45, 2.75) is 58.2 Å². The smallest absolute Gasteiger partial charge is 0.317 e. The number of nitrogens with zero attached hydrogens (tertiary/aromatic N) is 1. The predicted octanol–water partition coefficient (Wildman–Crippen LogP) is 2.47. The van der Waals surface area contributed by atoms with Crippen molar-refractivity contribution in [3.8, 4) is 0 Å². The van der Waals surface area contributed by atoms with E-state index in [1.807, 2.05) is 50.8 Å². The van der Waals surface area contributed by atoms with E-state index >= 15 is 0 Å². The van der Waals surface area contributed by atoms with Crippen molar-refractivity contribution < 1.29 is 14.7 Å². The van der Waals surface area contributed by atoms with Gasteiger partial charge in [-0.3, -0.25) is 9.69 Å². The van der Waals surface area contributed by atoms with Crippen molar-refractivity contribution in [2.24, 2.45) is 0 Å². The zero-order chi connectivity index (χ0) is 18.6. The van der Waals surface area contributed by atoms with Gasteiger partial charge in [0.05, 0.1) is 12.1 Å². The lowest BCUT2D eigenvalue weighted by Crippen LogP contribution is -2.57. The number of carboxylic acid groups (broad SMARTS) is 1. The maximum absolute atomic E-state index is 12.3. The van der Waals surface area contributed by atoms with Gasteiger partial charge in [0.25, 0.3) is 0 Å². The molecule has 0 spiro atoms. The topological polar surface area (TPSA) is 81.7 Å². The Balaban J connectivity index is 1.83. The monoisotopic (exact) mass is 347 g/mol. The average molecular weight is 347 g/mol. The highest BCUT2D eigenvalue weighted by Gasteiger charge is 2.35. The zero-order valence-electron chi connectivity index (χ0n) is 15.5. The molecule has 0 atom stereocenters. The molecule has 1 aromatic rings. The molecule has 0 bridgehead atoms. The molecule has 0 heterocycles. The lowest BCUT2D eigenvalue weighted by Gasteiger charge is -2.42. The SMILES string of the molecule is CCN(CC(=O)O)C1CC(NC(=O)NC(C)(C)c2cccc(C)c2)C1. The van der Waals surface area contributed by atoms with Crippen LogP contribution >= 0.6 is 0 Å². The van der Waals surface area contributed by atoms with Gasteiger partial charge in [-0.15, -0.1) is 0 Å². The number of carbonyl (C=O) groups excluding carboxylic acids is 1. The van der Waals surface area contributed by atoms with Gasteiger partial charge in [-0.05, 0) is 45.7 Å². The number of aliphatic carboxylic acids is 1. The van der Waals surface area contributed by atoms with Crippen molar-refractivity contribution in [3.05, 3.63) is 35.4 Å². The predicted molar refractivity (Wildman–Crippen MR) is 97.6 cm³/mol. The fraction of sp³-hybridized carbons (Fsp3) is 0.579. The largest absolute Gasteiger partial charge is 0.480 e. The number of nitrogens with one attached hydrogen (secondary N) is 2. The molecule has 2 amide bonds. The lowest BCUT2D eigenvalue weighted by molar-refractivity contribution is -0.139. The standard InChI is InChI=1S/C19H29N3O3/c1-5-22(12-17(23)24)16-10-15(11-16)20-18(25)21-19(3,4)14-8-6-7-13(2)9-14/h6-9,15-16H,5,10-12H2,1-4H3,(H,23,24)(H2,20,21,25). The van der Waals surface area contributed by atoms with E-state index in [0.717, 1.165) is 24.0 Å². The van der Waals surface area contributed by atoms with E-state index in [-0.39, 0.29) is 24.7 Å². The Morgan fingerprint density at radius 2 is 2.00 bits per heavy atom. The Hall–Kier alpha value is -2.08. The van der Waals surface area contributed by atoms with Gasteiger partial charge in [0, 0.05) is 12.1 Å². The number of benzene rings is 1. The minimum atomic E-state index is -0.809. The summed E-state index contributed by atoms with van der Waals surface area (Å²) < 4.78 is 0. The number of urea groups is 1. The van der Waals surface area contributed by atoms with Gasteiger partial charge in [0.2, 0.25) is 0 Å². The van der Waals surface area contributed by atoms with Gasteiger partial charge in [0.15, 0.2) is 0 Å². The summed E-state index contributed by atoms with van der Waals surface area (Å²) >= 11 is 0. The second kappa shape index (κ2) is 7.87. The highest BCUT2D eigenvalue weighted by molar-refractivity contribution is 5.75. The third-order valence-electron chi connectivity index (χ3n) is 4.88. The molecule has 3 N–H and O–H groups in total. The summed E-state index contributed by atoms with van der Waals surface area (Å²) in [6, 6.07) is 8.26. The number of aryl methyl sites for hydroxylation is 1. The van der Waals surface area contributed by atoms with Crippen LogP contribution in [-0.2, 0) is 10.3 Å². The summed E-state index contributed by atoms with van der Waals surface area (Å²) in [6.45, 7) is 8.72. The number of likely N-dealkylation sites (N-methyl/N-ethyl adjacent to an activating group) is 1. The second-order valence-electron chi connectivity index (χ2n) is 7.37. The summed E-state index contributed by atoms with van der Waals surface area (Å²) in [6.07, 6.45) is 1.58. The molecule has 0 saturated heterocycles. The number of carbonyl (C=O) groups is 2. The first-order valence-corrected chi connectivity index (χ1v) is 8.83. The molecular formula is C19H29N3O3. The Labute approximate surface area is 149 Å². The molecule has 0 aromatic heterocycles. The van der Waals surface area contributed by atoms with Crippen LogP contribution in [0.2, 0.25) is 0 Å². The Morgan fingerprint density at radius 1 is 1.32 bits per heavy atom. The molecule has 2 rings (SSSR count). The molecule has 6 nitrogen and oxygen atoms in total. The quantitative estimate of drug-likeness (QED) is 0.708. The van der Waals surface area contributed by atoms with Crippen LogP contribution in [0.15, 0.2) is 24.3 Å². The van der Waals surface area contributed by atoms with E-state index in [9.17, 15) is 9.59 Å². The molecule has 1 aliphatic rings. The normalized spacial score (nSPS) is 20.0. The molecule has 1 aliphatic carbocycles. The maximum Gasteiger partial charge on any atom is 0.317 e. The van der Waals surface area contributed by atoms with Crippen molar-refractivity contribution in [2.75, 3.05) is 13.1 Å². The van der Waals surface area contributed by atoms with Crippen LogP contribution < -0.4 is 10.6 Å². The number of hydrogen-bond donors (Lipinski definition) is 3. The number of amides is 2. The number of rotatable bonds is 7. The second-order valence-corrected chi connectivity index (χ2v) is 7.37. The van der Waals surface area contributed by atoms with Crippen molar-refractivity contribution in [3.63, 3.8) is 0 Å². The van der Waals surface area contributed by atoms with Crippen LogP contribution in [0, 0.1) is 6.92 Å². The van der Waals surface area contributed by atoms with E-state index < -0.39 is 11.5 Å². The van der Waals surface area contributed by atoms with Crippen molar-refractivity contribution >= 4 is 12.0 Å². The van der Waals surface area contributed by atoms with Gasteiger partial charge in [-0.25, -0.2) is 4.79 Å². The first-order valence-electron chi connectivity index (χ1n) is 8.83. The van der Waals surface area contributed by atoms with Crippen LogP contribution in [0.5, 0.6) is 0 Å². The molecule has 0 radical (unpaired) electrons. The Bertz CT molecular complexity index is 624. The third kappa shape index (κ3) is 5.19. The van der Waals surface area contributed by atoms with Gasteiger partial charge in [-0.1, -0.05) is 36.8 Å². The molecule has 1 aromatic carbocycles. The fourth-order valence-corrected chi connectivity index (χ4v) is 3.29. The van der Waals surface area contributed by atoms with Gasteiger partial charge < -0.3 is 15.7 Å². The van der Waals surface area contributed by atoms with Crippen LogP contribution in [-0.4, -0.2) is 47.2 Å². The fourth-order valence-electron chi connectivity index (χ4n) is 3.29. The maximum atomic E-state index is 12.3. The third-order valence-corrected chi connectivity index (χ3v) is 4.88. The van der Waals surface area contributed by atoms with E-state index in [4.69, 9.17) is 5.11 Å². The van der Waals surface area contributed by atoms with Crippen LogP contribution in [0.1, 0.15) is 44.7 Å². The zero-order valence-corrected chi connectivity index (χ0v) is 15.5. The lowest BCUT2D eigenvalue weighted by atomic mass is 9.85. The Morgan fingerprint density at radius 3 is 2.56 bits per heavy atom. The summed E-state index contributed by atoms with van der Waals surface area (Å²) in [7, 11) is 0. The summed E-state index contributed by atoms with van der Waals surface area (Å²) in [5.41, 5.74) is 1.76. The highest BCUT2D eigenvalue weighted by atomic mass is 16.4. The number of carboxylic acids is 1. The van der Waals surface area contributed by atoms with E-state index in [0.29, 0.717) is 6.54 Å². The Kier molecular flexibility index (Phi) is 6.06. The summed E-state index contributed by atoms with van der Waals surface area (Å²) in [5, 5.41) is 15.0. The van der Waals surface area contributed by atoms with E-state index in [2.05, 4.69) is 16.7 Å². The first-order chi connectivity index (χ1) is 11.7. The molecule has 1 fully saturated rings.